The number of nitrogens with zero attached hydrogens (tertiary/aromatic N) is 1. The number of nitrogens with one attached hydrogen (secondary N) is 1. The van der Waals surface area contributed by atoms with Gasteiger partial charge in [-0.25, -0.2) is 0 Å². The van der Waals surface area contributed by atoms with Crippen molar-refractivity contribution in [3.05, 3.63) is 58.6 Å². The summed E-state index contributed by atoms with van der Waals surface area (Å²) in [6.45, 7) is 2.76. The molecular weight excluding hydrogens is 340 g/mol. The van der Waals surface area contributed by atoms with Crippen LogP contribution in [0.5, 0.6) is 5.75 Å². The quantitative estimate of drug-likeness (QED) is 0.912. The lowest BCUT2D eigenvalue weighted by Gasteiger charge is -2.28. The average Bonchev–Trinajstić information content (AvgIpc) is 2.60. The highest BCUT2D eigenvalue weighted by Crippen LogP contribution is 2.24. The number of fused-ring (bicyclic) bond motifs is 1. The molecule has 25 heavy (non-hydrogen) atoms. The molecule has 1 N–H and O–H groups in total. The maximum absolute atomic E-state index is 12.1. The molecule has 0 bridgehead atoms. The van der Waals surface area contributed by atoms with E-state index in [4.69, 9.17) is 16.3 Å². The summed E-state index contributed by atoms with van der Waals surface area (Å²) < 4.78 is 5.44. The monoisotopic (exact) mass is 358 g/mol. The first kappa shape index (κ1) is 17.3. The third-order valence-electron chi connectivity index (χ3n) is 4.14. The average molecular weight is 359 g/mol. The summed E-state index contributed by atoms with van der Waals surface area (Å²) in [5.74, 6) is 0.272. The van der Waals surface area contributed by atoms with Crippen molar-refractivity contribution < 1.29 is 14.3 Å². The Hall–Kier alpha value is -2.53. The molecule has 2 aromatic carbocycles. The van der Waals surface area contributed by atoms with Gasteiger partial charge in [-0.05, 0) is 41.8 Å². The summed E-state index contributed by atoms with van der Waals surface area (Å²) in [7, 11) is 0. The molecule has 1 aliphatic rings. The van der Waals surface area contributed by atoms with Gasteiger partial charge in [-0.2, -0.15) is 0 Å². The van der Waals surface area contributed by atoms with Gasteiger partial charge in [0, 0.05) is 25.7 Å². The Morgan fingerprint density at radius 3 is 2.76 bits per heavy atom. The summed E-state index contributed by atoms with van der Waals surface area (Å²) in [6.07, 6.45) is 0.832. The topological polar surface area (TPSA) is 58.6 Å². The summed E-state index contributed by atoms with van der Waals surface area (Å²) in [6, 6.07) is 12.8. The van der Waals surface area contributed by atoms with Crippen LogP contribution in [-0.4, -0.2) is 29.9 Å². The number of para-hydroxylation sites is 1. The predicted octanol–water partition coefficient (Wildman–Crippen LogP) is 3.26. The van der Waals surface area contributed by atoms with E-state index in [0.717, 1.165) is 18.5 Å². The number of anilines is 1. The first-order valence-electron chi connectivity index (χ1n) is 8.07. The van der Waals surface area contributed by atoms with Gasteiger partial charge < -0.3 is 15.0 Å². The van der Waals surface area contributed by atoms with E-state index < -0.39 is 0 Å². The standard InChI is InChI=1S/C19H19ClN2O3/c1-13(23)22-9-8-14-6-7-16(10-15(14)11-22)21-19(24)12-25-18-5-3-2-4-17(18)20/h2-7,10H,8-9,11-12H2,1H3,(H,21,24). The zero-order chi connectivity index (χ0) is 17.8. The van der Waals surface area contributed by atoms with Crippen LogP contribution in [0.25, 0.3) is 0 Å². The molecule has 0 saturated heterocycles. The van der Waals surface area contributed by atoms with Crippen LogP contribution in [0.2, 0.25) is 5.02 Å². The number of ether oxygens (including phenoxy) is 1. The Morgan fingerprint density at radius 2 is 2.00 bits per heavy atom. The Kier molecular flexibility index (Phi) is 5.24. The number of halogens is 1. The molecule has 0 aromatic heterocycles. The second-order valence-electron chi connectivity index (χ2n) is 5.94. The van der Waals surface area contributed by atoms with Crippen molar-refractivity contribution in [2.75, 3.05) is 18.5 Å². The van der Waals surface area contributed by atoms with E-state index in [1.807, 2.05) is 18.2 Å². The third-order valence-corrected chi connectivity index (χ3v) is 4.46. The van der Waals surface area contributed by atoms with Crippen molar-refractivity contribution in [3.8, 4) is 5.75 Å². The molecule has 0 atom stereocenters. The fourth-order valence-electron chi connectivity index (χ4n) is 2.81. The van der Waals surface area contributed by atoms with E-state index in [9.17, 15) is 9.59 Å². The summed E-state index contributed by atoms with van der Waals surface area (Å²) in [5, 5.41) is 3.28. The van der Waals surface area contributed by atoms with E-state index in [1.165, 1.54) is 5.56 Å². The maximum Gasteiger partial charge on any atom is 0.262 e. The number of hydrogen-bond donors (Lipinski definition) is 1. The molecule has 0 radical (unpaired) electrons. The predicted molar refractivity (Wildman–Crippen MR) is 96.8 cm³/mol. The van der Waals surface area contributed by atoms with Crippen LogP contribution < -0.4 is 10.1 Å². The first-order valence-corrected chi connectivity index (χ1v) is 8.45. The number of benzene rings is 2. The van der Waals surface area contributed by atoms with Crippen LogP contribution in [0.1, 0.15) is 18.1 Å². The second-order valence-corrected chi connectivity index (χ2v) is 6.35. The third kappa shape index (κ3) is 4.31. The number of carbonyl (C=O) groups is 2. The van der Waals surface area contributed by atoms with Gasteiger partial charge in [0.05, 0.1) is 5.02 Å². The Morgan fingerprint density at radius 1 is 1.20 bits per heavy atom. The molecule has 3 rings (SSSR count). The highest BCUT2D eigenvalue weighted by atomic mass is 35.5. The number of carbonyl (C=O) groups excluding carboxylic acids is 2. The minimum atomic E-state index is -0.265. The van der Waals surface area contributed by atoms with Gasteiger partial charge in [0.1, 0.15) is 5.75 Å². The lowest BCUT2D eigenvalue weighted by atomic mass is 9.99. The maximum atomic E-state index is 12.1. The molecule has 1 aliphatic heterocycles. The van der Waals surface area contributed by atoms with Crippen molar-refractivity contribution in [3.63, 3.8) is 0 Å². The Balaban J connectivity index is 1.61. The lowest BCUT2D eigenvalue weighted by molar-refractivity contribution is -0.129. The van der Waals surface area contributed by atoms with Gasteiger partial charge >= 0.3 is 0 Å². The molecule has 0 saturated carbocycles. The SMILES string of the molecule is CC(=O)N1CCc2ccc(NC(=O)COc3ccccc3Cl)cc2C1. The molecule has 0 fully saturated rings. The molecule has 0 aliphatic carbocycles. The minimum Gasteiger partial charge on any atom is -0.482 e. The van der Waals surface area contributed by atoms with Crippen molar-refractivity contribution in [1.29, 1.82) is 0 Å². The Bertz CT molecular complexity index is 807. The summed E-state index contributed by atoms with van der Waals surface area (Å²) in [4.78, 5) is 25.4. The number of amides is 2. The Labute approximate surface area is 151 Å². The minimum absolute atomic E-state index is 0.0632. The molecule has 130 valence electrons. The zero-order valence-corrected chi connectivity index (χ0v) is 14.7. The van der Waals surface area contributed by atoms with Gasteiger partial charge in [-0.3, -0.25) is 9.59 Å². The number of hydrogen-bond acceptors (Lipinski definition) is 3. The summed E-state index contributed by atoms with van der Waals surface area (Å²) in [5.41, 5.74) is 2.96. The molecule has 1 heterocycles. The van der Waals surface area contributed by atoms with Crippen LogP contribution in [-0.2, 0) is 22.6 Å². The van der Waals surface area contributed by atoms with Crippen LogP contribution in [0, 0.1) is 0 Å². The van der Waals surface area contributed by atoms with E-state index in [2.05, 4.69) is 5.32 Å². The molecule has 0 spiro atoms. The van der Waals surface area contributed by atoms with Gasteiger partial charge in [0.25, 0.3) is 5.91 Å². The lowest BCUT2D eigenvalue weighted by Crippen LogP contribution is -2.34. The molecule has 2 aromatic rings. The fourth-order valence-corrected chi connectivity index (χ4v) is 3.00. The highest BCUT2D eigenvalue weighted by molar-refractivity contribution is 6.32. The second kappa shape index (κ2) is 7.57. The van der Waals surface area contributed by atoms with Crippen LogP contribution >= 0.6 is 11.6 Å². The smallest absolute Gasteiger partial charge is 0.262 e. The molecule has 2 amide bonds. The summed E-state index contributed by atoms with van der Waals surface area (Å²) >= 11 is 6.00. The van der Waals surface area contributed by atoms with Crippen molar-refractivity contribution in [2.24, 2.45) is 0 Å². The van der Waals surface area contributed by atoms with E-state index in [1.54, 1.807) is 36.1 Å². The normalized spacial score (nSPS) is 13.1. The fraction of sp³-hybridized carbons (Fsp3) is 0.263. The number of rotatable bonds is 4. The van der Waals surface area contributed by atoms with Crippen LogP contribution in [0.3, 0.4) is 0 Å². The van der Waals surface area contributed by atoms with E-state index >= 15 is 0 Å². The highest BCUT2D eigenvalue weighted by Gasteiger charge is 2.18. The van der Waals surface area contributed by atoms with Crippen molar-refractivity contribution in [2.45, 2.75) is 19.9 Å². The molecule has 0 unspecified atom stereocenters. The van der Waals surface area contributed by atoms with Gasteiger partial charge in [0.15, 0.2) is 6.61 Å². The van der Waals surface area contributed by atoms with Gasteiger partial charge in [-0.15, -0.1) is 0 Å². The van der Waals surface area contributed by atoms with Gasteiger partial charge in [0.2, 0.25) is 5.91 Å². The van der Waals surface area contributed by atoms with E-state index in [-0.39, 0.29) is 18.4 Å². The van der Waals surface area contributed by atoms with Gasteiger partial charge in [-0.1, -0.05) is 29.8 Å². The molecule has 5 nitrogen and oxygen atoms in total. The van der Waals surface area contributed by atoms with E-state index in [0.29, 0.717) is 23.0 Å². The van der Waals surface area contributed by atoms with Crippen molar-refractivity contribution in [1.82, 2.24) is 4.90 Å². The molecular formula is C19H19ClN2O3. The van der Waals surface area contributed by atoms with Crippen LogP contribution in [0.4, 0.5) is 5.69 Å². The first-order chi connectivity index (χ1) is 12.0. The van der Waals surface area contributed by atoms with Crippen LogP contribution in [0.15, 0.2) is 42.5 Å². The zero-order valence-electron chi connectivity index (χ0n) is 13.9. The van der Waals surface area contributed by atoms with Crippen molar-refractivity contribution >= 4 is 29.1 Å². The largest absolute Gasteiger partial charge is 0.482 e. The molecule has 6 heteroatoms.